The maximum Gasteiger partial charge on any atom is 0.131 e. The van der Waals surface area contributed by atoms with E-state index in [1.165, 1.54) is 12.8 Å². The summed E-state index contributed by atoms with van der Waals surface area (Å²) >= 11 is 0. The molecule has 19 heavy (non-hydrogen) atoms. The molecule has 2 rings (SSSR count). The van der Waals surface area contributed by atoms with Gasteiger partial charge in [-0.3, -0.25) is 0 Å². The van der Waals surface area contributed by atoms with Gasteiger partial charge >= 0.3 is 0 Å². The second-order valence-corrected chi connectivity index (χ2v) is 5.76. The fourth-order valence-corrected chi connectivity index (χ4v) is 2.28. The highest BCUT2D eigenvalue weighted by molar-refractivity contribution is 5.49. The molecule has 0 aliphatic heterocycles. The van der Waals surface area contributed by atoms with Gasteiger partial charge in [-0.25, -0.2) is 9.97 Å². The van der Waals surface area contributed by atoms with Crippen molar-refractivity contribution in [2.45, 2.75) is 52.6 Å². The van der Waals surface area contributed by atoms with Crippen LogP contribution in [0.1, 0.15) is 57.5 Å². The smallest absolute Gasteiger partial charge is 0.131 e. The van der Waals surface area contributed by atoms with Crippen LogP contribution in [0, 0.1) is 5.92 Å². The third-order valence-corrected chi connectivity index (χ3v) is 3.54. The van der Waals surface area contributed by atoms with Crippen LogP contribution in [0.3, 0.4) is 0 Å². The molecule has 1 aromatic rings. The molecule has 0 atom stereocenters. The fourth-order valence-electron chi connectivity index (χ4n) is 2.28. The highest BCUT2D eigenvalue weighted by Gasteiger charge is 2.25. The molecular weight excluding hydrogens is 238 g/mol. The molecule has 0 unspecified atom stereocenters. The maximum absolute atomic E-state index is 9.57. The van der Waals surface area contributed by atoms with E-state index < -0.39 is 0 Å². The molecule has 4 nitrogen and oxygen atoms in total. The number of nitrogens with zero attached hydrogens (tertiary/aromatic N) is 3. The van der Waals surface area contributed by atoms with Crippen LogP contribution in [0.5, 0.6) is 0 Å². The van der Waals surface area contributed by atoms with Gasteiger partial charge in [0.1, 0.15) is 5.82 Å². The van der Waals surface area contributed by atoms with Crippen molar-refractivity contribution in [2.24, 2.45) is 5.92 Å². The molecule has 0 amide bonds. The van der Waals surface area contributed by atoms with Gasteiger partial charge in [0, 0.05) is 19.0 Å². The van der Waals surface area contributed by atoms with Gasteiger partial charge < -0.3 is 10.0 Å². The van der Waals surface area contributed by atoms with Gasteiger partial charge in [0.15, 0.2) is 0 Å². The number of aromatic nitrogens is 2. The predicted molar refractivity (Wildman–Crippen MR) is 77.3 cm³/mol. The Morgan fingerprint density at radius 1 is 1.42 bits per heavy atom. The van der Waals surface area contributed by atoms with Crippen LogP contribution in [0.15, 0.2) is 6.20 Å². The van der Waals surface area contributed by atoms with Crippen LogP contribution >= 0.6 is 0 Å². The minimum Gasteiger partial charge on any atom is -0.390 e. The van der Waals surface area contributed by atoms with E-state index in [1.807, 2.05) is 6.20 Å². The van der Waals surface area contributed by atoms with Crippen LogP contribution in [0.25, 0.3) is 0 Å². The SMILES string of the molecule is CCCN(CC1CC1)c1cnc(C(C)C)nc1CO. The van der Waals surface area contributed by atoms with Crippen LogP contribution in [-0.2, 0) is 6.61 Å². The van der Waals surface area contributed by atoms with Crippen molar-refractivity contribution in [1.29, 1.82) is 0 Å². The van der Waals surface area contributed by atoms with Crippen molar-refractivity contribution >= 4 is 5.69 Å². The Labute approximate surface area is 115 Å². The van der Waals surface area contributed by atoms with E-state index >= 15 is 0 Å². The third kappa shape index (κ3) is 3.66. The van der Waals surface area contributed by atoms with E-state index in [1.54, 1.807) is 0 Å². The van der Waals surface area contributed by atoms with Crippen molar-refractivity contribution in [2.75, 3.05) is 18.0 Å². The lowest BCUT2D eigenvalue weighted by Gasteiger charge is -2.26. The Kier molecular flexibility index (Phi) is 4.75. The monoisotopic (exact) mass is 263 g/mol. The Morgan fingerprint density at radius 2 is 2.16 bits per heavy atom. The molecule has 0 saturated heterocycles. The highest BCUT2D eigenvalue weighted by atomic mass is 16.3. The Balaban J connectivity index is 2.23. The number of anilines is 1. The van der Waals surface area contributed by atoms with E-state index in [-0.39, 0.29) is 6.61 Å². The van der Waals surface area contributed by atoms with Crippen molar-refractivity contribution in [3.05, 3.63) is 17.7 Å². The summed E-state index contributed by atoms with van der Waals surface area (Å²) in [5.74, 6) is 1.93. The van der Waals surface area contributed by atoms with E-state index in [0.717, 1.165) is 42.6 Å². The normalized spacial score (nSPS) is 15.0. The highest BCUT2D eigenvalue weighted by Crippen LogP contribution is 2.32. The number of hydrogen-bond donors (Lipinski definition) is 1. The molecule has 1 saturated carbocycles. The molecule has 0 bridgehead atoms. The molecule has 106 valence electrons. The van der Waals surface area contributed by atoms with Gasteiger partial charge in [0.2, 0.25) is 0 Å². The average molecular weight is 263 g/mol. The zero-order valence-corrected chi connectivity index (χ0v) is 12.3. The topological polar surface area (TPSA) is 49.2 Å². The van der Waals surface area contributed by atoms with Crippen molar-refractivity contribution < 1.29 is 5.11 Å². The molecule has 4 heteroatoms. The molecule has 1 aliphatic rings. The summed E-state index contributed by atoms with van der Waals surface area (Å²) < 4.78 is 0. The van der Waals surface area contributed by atoms with Crippen molar-refractivity contribution in [3.8, 4) is 0 Å². The summed E-state index contributed by atoms with van der Waals surface area (Å²) in [7, 11) is 0. The van der Waals surface area contributed by atoms with Crippen LogP contribution in [0.2, 0.25) is 0 Å². The first-order valence-electron chi connectivity index (χ1n) is 7.37. The second kappa shape index (κ2) is 6.33. The quantitative estimate of drug-likeness (QED) is 0.821. The number of rotatable bonds is 7. The van der Waals surface area contributed by atoms with Crippen LogP contribution in [-0.4, -0.2) is 28.2 Å². The second-order valence-electron chi connectivity index (χ2n) is 5.76. The van der Waals surface area contributed by atoms with Gasteiger partial charge in [-0.2, -0.15) is 0 Å². The average Bonchev–Trinajstić information content (AvgIpc) is 3.21. The Hall–Kier alpha value is -1.16. The maximum atomic E-state index is 9.57. The zero-order valence-electron chi connectivity index (χ0n) is 12.3. The van der Waals surface area contributed by atoms with Crippen LogP contribution in [0.4, 0.5) is 5.69 Å². The minimum atomic E-state index is -0.0115. The lowest BCUT2D eigenvalue weighted by molar-refractivity contribution is 0.276. The molecule has 0 spiro atoms. The fraction of sp³-hybridized carbons (Fsp3) is 0.733. The molecule has 1 fully saturated rings. The van der Waals surface area contributed by atoms with E-state index in [0.29, 0.717) is 5.92 Å². The van der Waals surface area contributed by atoms with Crippen LogP contribution < -0.4 is 4.90 Å². The summed E-state index contributed by atoms with van der Waals surface area (Å²) in [5.41, 5.74) is 1.79. The number of aliphatic hydroxyl groups excluding tert-OH is 1. The lowest BCUT2D eigenvalue weighted by Crippen LogP contribution is -2.28. The first-order valence-corrected chi connectivity index (χ1v) is 7.37. The van der Waals surface area contributed by atoms with Gasteiger partial charge in [-0.15, -0.1) is 0 Å². The summed E-state index contributed by atoms with van der Waals surface area (Å²) in [6, 6.07) is 0. The molecular formula is C15H25N3O. The first-order chi connectivity index (χ1) is 9.15. The van der Waals surface area contributed by atoms with Gasteiger partial charge in [-0.05, 0) is 25.2 Å². The summed E-state index contributed by atoms with van der Waals surface area (Å²) in [4.78, 5) is 11.3. The summed E-state index contributed by atoms with van der Waals surface area (Å²) in [5, 5.41) is 9.57. The number of aliphatic hydroxyl groups is 1. The molecule has 1 N–H and O–H groups in total. The van der Waals surface area contributed by atoms with Gasteiger partial charge in [-0.1, -0.05) is 20.8 Å². The molecule has 1 heterocycles. The van der Waals surface area contributed by atoms with E-state index in [4.69, 9.17) is 0 Å². The van der Waals surface area contributed by atoms with Crippen molar-refractivity contribution in [3.63, 3.8) is 0 Å². The Bertz CT molecular complexity index is 416. The van der Waals surface area contributed by atoms with Gasteiger partial charge in [0.05, 0.1) is 24.2 Å². The van der Waals surface area contributed by atoms with Crippen molar-refractivity contribution in [1.82, 2.24) is 9.97 Å². The van der Waals surface area contributed by atoms with E-state index in [2.05, 4.69) is 35.6 Å². The summed E-state index contributed by atoms with van der Waals surface area (Å²) in [6.45, 7) is 8.40. The lowest BCUT2D eigenvalue weighted by atomic mass is 10.2. The molecule has 0 aromatic carbocycles. The first kappa shape index (κ1) is 14.3. The standard InChI is InChI=1S/C15H25N3O/c1-4-7-18(9-12-5-6-12)14-8-16-15(11(2)3)17-13(14)10-19/h8,11-12,19H,4-7,9-10H2,1-3H3. The number of hydrogen-bond acceptors (Lipinski definition) is 4. The Morgan fingerprint density at radius 3 is 2.68 bits per heavy atom. The molecule has 0 radical (unpaired) electrons. The zero-order chi connectivity index (χ0) is 13.8. The molecule has 1 aromatic heterocycles. The minimum absolute atomic E-state index is 0.0115. The largest absolute Gasteiger partial charge is 0.390 e. The molecule has 1 aliphatic carbocycles. The summed E-state index contributed by atoms with van der Waals surface area (Å²) in [6.07, 6.45) is 5.66. The third-order valence-electron chi connectivity index (χ3n) is 3.54. The van der Waals surface area contributed by atoms with Gasteiger partial charge in [0.25, 0.3) is 0 Å². The predicted octanol–water partition coefficient (Wildman–Crippen LogP) is 2.72. The van der Waals surface area contributed by atoms with E-state index in [9.17, 15) is 5.11 Å².